The predicted octanol–water partition coefficient (Wildman–Crippen LogP) is 1.15. The number of carboxylic acid groups (broad SMARTS) is 1. The van der Waals surface area contributed by atoms with Crippen LogP contribution in [0.3, 0.4) is 0 Å². The number of nitrogen functional groups attached to an aromatic ring is 1. The van der Waals surface area contributed by atoms with Crippen molar-refractivity contribution in [1.29, 1.82) is 0 Å². The van der Waals surface area contributed by atoms with Crippen molar-refractivity contribution < 1.29 is 9.90 Å². The van der Waals surface area contributed by atoms with Crippen molar-refractivity contribution in [2.75, 3.05) is 5.73 Å². The van der Waals surface area contributed by atoms with Crippen LogP contribution >= 0.6 is 0 Å². The number of para-hydroxylation sites is 1. The van der Waals surface area contributed by atoms with Gasteiger partial charge in [0.1, 0.15) is 0 Å². The van der Waals surface area contributed by atoms with E-state index in [2.05, 4.69) is 6.58 Å². The highest BCUT2D eigenvalue weighted by Crippen LogP contribution is 2.22. The van der Waals surface area contributed by atoms with E-state index in [9.17, 15) is 4.79 Å². The van der Waals surface area contributed by atoms with Gasteiger partial charge < -0.3 is 16.6 Å². The van der Waals surface area contributed by atoms with Gasteiger partial charge in [-0.2, -0.15) is 0 Å². The quantitative estimate of drug-likeness (QED) is 0.495. The Balaban J connectivity index is 3.26. The first-order chi connectivity index (χ1) is 6.57. The Morgan fingerprint density at radius 3 is 2.71 bits per heavy atom. The molecule has 1 aromatic rings. The average molecular weight is 192 g/mol. The van der Waals surface area contributed by atoms with Gasteiger partial charge in [-0.05, 0) is 11.6 Å². The van der Waals surface area contributed by atoms with Gasteiger partial charge in [-0.25, -0.2) is 4.79 Å². The highest BCUT2D eigenvalue weighted by atomic mass is 16.4. The van der Waals surface area contributed by atoms with E-state index >= 15 is 0 Å². The summed E-state index contributed by atoms with van der Waals surface area (Å²) in [6.45, 7) is 3.52. The van der Waals surface area contributed by atoms with Crippen LogP contribution in [0.15, 0.2) is 30.9 Å². The lowest BCUT2D eigenvalue weighted by Gasteiger charge is -2.11. The molecule has 4 nitrogen and oxygen atoms in total. The molecule has 1 aromatic carbocycles. The van der Waals surface area contributed by atoms with E-state index in [1.54, 1.807) is 12.1 Å². The molecule has 0 amide bonds. The fourth-order valence-electron chi connectivity index (χ4n) is 1.19. The van der Waals surface area contributed by atoms with Crippen molar-refractivity contribution in [3.63, 3.8) is 0 Å². The van der Waals surface area contributed by atoms with Crippen LogP contribution in [-0.4, -0.2) is 11.1 Å². The van der Waals surface area contributed by atoms with E-state index in [0.29, 0.717) is 5.56 Å². The van der Waals surface area contributed by atoms with Crippen molar-refractivity contribution in [2.45, 2.75) is 6.04 Å². The fourth-order valence-corrected chi connectivity index (χ4v) is 1.19. The summed E-state index contributed by atoms with van der Waals surface area (Å²) in [5.41, 5.74) is 12.2. The maximum absolute atomic E-state index is 10.7. The molecular formula is C10H12N2O2. The summed E-state index contributed by atoms with van der Waals surface area (Å²) in [5.74, 6) is -1.05. The van der Waals surface area contributed by atoms with E-state index in [4.69, 9.17) is 16.6 Å². The zero-order chi connectivity index (χ0) is 10.7. The van der Waals surface area contributed by atoms with E-state index in [0.717, 1.165) is 0 Å². The molecule has 5 N–H and O–H groups in total. The molecule has 4 heteroatoms. The standard InChI is InChI=1S/C10H12N2O2/c1-2-8(11)6-4-3-5-7(9(6)12)10(13)14/h2-5,8H,1,11-12H2,(H,13,14)/t8-/m0/s1. The maximum atomic E-state index is 10.7. The third kappa shape index (κ3) is 1.75. The zero-order valence-electron chi connectivity index (χ0n) is 7.60. The number of carboxylic acids is 1. The fraction of sp³-hybridized carbons (Fsp3) is 0.100. The molecule has 0 aromatic heterocycles. The molecule has 0 aliphatic carbocycles. The number of benzene rings is 1. The number of aromatic carboxylic acids is 1. The number of nitrogens with two attached hydrogens (primary N) is 2. The Bertz CT molecular complexity index is 374. The Morgan fingerprint density at radius 2 is 2.21 bits per heavy atom. The summed E-state index contributed by atoms with van der Waals surface area (Å²) < 4.78 is 0. The van der Waals surface area contributed by atoms with Gasteiger partial charge in [0.15, 0.2) is 0 Å². The van der Waals surface area contributed by atoms with Crippen LogP contribution in [0.25, 0.3) is 0 Å². The lowest BCUT2D eigenvalue weighted by Crippen LogP contribution is -2.12. The van der Waals surface area contributed by atoms with Crippen LogP contribution in [0.2, 0.25) is 0 Å². The van der Waals surface area contributed by atoms with Crippen molar-refractivity contribution in [3.05, 3.63) is 42.0 Å². The lowest BCUT2D eigenvalue weighted by molar-refractivity contribution is 0.0698. The summed E-state index contributed by atoms with van der Waals surface area (Å²) in [4.78, 5) is 10.7. The van der Waals surface area contributed by atoms with E-state index in [1.807, 2.05) is 0 Å². The minimum atomic E-state index is -1.05. The summed E-state index contributed by atoms with van der Waals surface area (Å²) >= 11 is 0. The predicted molar refractivity (Wildman–Crippen MR) is 54.9 cm³/mol. The molecular weight excluding hydrogens is 180 g/mol. The number of anilines is 1. The zero-order valence-corrected chi connectivity index (χ0v) is 7.60. The molecule has 0 saturated heterocycles. The molecule has 0 aliphatic rings. The van der Waals surface area contributed by atoms with Gasteiger partial charge in [-0.3, -0.25) is 0 Å². The second-order valence-electron chi connectivity index (χ2n) is 2.88. The van der Waals surface area contributed by atoms with Gasteiger partial charge >= 0.3 is 5.97 Å². The molecule has 0 bridgehead atoms. The Kier molecular flexibility index (Phi) is 2.89. The van der Waals surface area contributed by atoms with Crippen LogP contribution in [0.4, 0.5) is 5.69 Å². The van der Waals surface area contributed by atoms with Crippen LogP contribution in [0.1, 0.15) is 22.0 Å². The van der Waals surface area contributed by atoms with Crippen molar-refractivity contribution in [1.82, 2.24) is 0 Å². The Labute approximate surface area is 81.8 Å². The summed E-state index contributed by atoms with van der Waals surface area (Å²) in [6.07, 6.45) is 1.51. The molecule has 0 fully saturated rings. The van der Waals surface area contributed by atoms with Crippen LogP contribution in [0.5, 0.6) is 0 Å². The molecule has 0 radical (unpaired) electrons. The highest BCUT2D eigenvalue weighted by Gasteiger charge is 2.13. The molecule has 0 saturated carbocycles. The monoisotopic (exact) mass is 192 g/mol. The minimum Gasteiger partial charge on any atom is -0.478 e. The summed E-state index contributed by atoms with van der Waals surface area (Å²) in [7, 11) is 0. The van der Waals surface area contributed by atoms with Crippen LogP contribution < -0.4 is 11.5 Å². The first-order valence-electron chi connectivity index (χ1n) is 4.07. The van der Waals surface area contributed by atoms with Gasteiger partial charge in [-0.1, -0.05) is 18.2 Å². The first kappa shape index (κ1) is 10.3. The molecule has 1 atom stereocenters. The van der Waals surface area contributed by atoms with Crippen molar-refractivity contribution in [2.24, 2.45) is 5.73 Å². The third-order valence-corrected chi connectivity index (χ3v) is 1.98. The lowest BCUT2D eigenvalue weighted by atomic mass is 10.0. The number of rotatable bonds is 3. The van der Waals surface area contributed by atoms with E-state index in [-0.39, 0.29) is 11.3 Å². The Hall–Kier alpha value is -1.81. The molecule has 74 valence electrons. The van der Waals surface area contributed by atoms with E-state index in [1.165, 1.54) is 12.1 Å². The normalized spacial score (nSPS) is 12.1. The van der Waals surface area contributed by atoms with Gasteiger partial charge in [0.05, 0.1) is 11.3 Å². The number of carbonyl (C=O) groups is 1. The topological polar surface area (TPSA) is 89.3 Å². The van der Waals surface area contributed by atoms with Gasteiger partial charge in [0.2, 0.25) is 0 Å². The van der Waals surface area contributed by atoms with Gasteiger partial charge in [0.25, 0.3) is 0 Å². The SMILES string of the molecule is C=C[C@H](N)c1cccc(C(=O)O)c1N. The highest BCUT2D eigenvalue weighted by molar-refractivity contribution is 5.94. The second kappa shape index (κ2) is 3.93. The smallest absolute Gasteiger partial charge is 0.337 e. The maximum Gasteiger partial charge on any atom is 0.337 e. The number of hydrogen-bond donors (Lipinski definition) is 3. The largest absolute Gasteiger partial charge is 0.478 e. The molecule has 0 spiro atoms. The molecule has 1 rings (SSSR count). The van der Waals surface area contributed by atoms with Crippen molar-refractivity contribution >= 4 is 11.7 Å². The van der Waals surface area contributed by atoms with E-state index < -0.39 is 12.0 Å². The second-order valence-corrected chi connectivity index (χ2v) is 2.88. The summed E-state index contributed by atoms with van der Waals surface area (Å²) in [5, 5.41) is 8.80. The Morgan fingerprint density at radius 1 is 1.57 bits per heavy atom. The molecule has 14 heavy (non-hydrogen) atoms. The van der Waals surface area contributed by atoms with Crippen LogP contribution in [-0.2, 0) is 0 Å². The molecule has 0 unspecified atom stereocenters. The summed E-state index contributed by atoms with van der Waals surface area (Å²) in [6, 6.07) is 4.30. The molecule has 0 heterocycles. The van der Waals surface area contributed by atoms with Gasteiger partial charge in [0, 0.05) is 6.04 Å². The van der Waals surface area contributed by atoms with Crippen LogP contribution in [0, 0.1) is 0 Å². The minimum absolute atomic E-state index is 0.0693. The van der Waals surface area contributed by atoms with Gasteiger partial charge in [-0.15, -0.1) is 6.58 Å². The number of hydrogen-bond acceptors (Lipinski definition) is 3. The average Bonchev–Trinajstić information content (AvgIpc) is 2.16. The molecule has 0 aliphatic heterocycles. The third-order valence-electron chi connectivity index (χ3n) is 1.98. The first-order valence-corrected chi connectivity index (χ1v) is 4.07. The van der Waals surface area contributed by atoms with Crippen molar-refractivity contribution in [3.8, 4) is 0 Å².